The van der Waals surface area contributed by atoms with Gasteiger partial charge in [0.2, 0.25) is 0 Å². The van der Waals surface area contributed by atoms with Gasteiger partial charge in [0, 0.05) is 17.1 Å². The molecule has 8 heteroatoms. The molecule has 1 saturated heterocycles. The van der Waals surface area contributed by atoms with E-state index in [1.54, 1.807) is 41.8 Å². The molecule has 1 aromatic heterocycles. The average molecular weight is 408 g/mol. The van der Waals surface area contributed by atoms with Gasteiger partial charge in [0.05, 0.1) is 18.7 Å². The molecule has 1 aliphatic rings. The van der Waals surface area contributed by atoms with Gasteiger partial charge >= 0.3 is 5.91 Å². The number of aliphatic hydroxyl groups excluding tert-OH is 1. The molecule has 0 radical (unpaired) electrons. The molecular weight excluding hydrogens is 392 g/mol. The first kappa shape index (κ1) is 18.7. The van der Waals surface area contributed by atoms with E-state index in [-0.39, 0.29) is 22.8 Å². The first-order valence-electron chi connectivity index (χ1n) is 8.65. The summed E-state index contributed by atoms with van der Waals surface area (Å²) < 4.78 is 5.18. The van der Waals surface area contributed by atoms with Crippen molar-refractivity contribution in [3.63, 3.8) is 0 Å². The number of methoxy groups -OCH3 is 1. The number of Topliss-reactive ketones (excluding diaryl/α,β-unsaturated/α-hetero) is 1. The molecule has 0 saturated carbocycles. The predicted octanol–water partition coefficient (Wildman–Crippen LogP) is 3.48. The molecule has 0 aliphatic carbocycles. The number of hydrogen-bond donors (Lipinski definition) is 2. The van der Waals surface area contributed by atoms with Crippen molar-refractivity contribution in [2.24, 2.45) is 0 Å². The number of hydrogen-bond acceptors (Lipinski definition) is 7. The minimum absolute atomic E-state index is 0.0517. The van der Waals surface area contributed by atoms with Crippen LogP contribution < -0.4 is 9.64 Å². The Kier molecular flexibility index (Phi) is 4.77. The molecule has 1 amide bonds. The van der Waals surface area contributed by atoms with Gasteiger partial charge in [-0.1, -0.05) is 36.4 Å². The van der Waals surface area contributed by atoms with Crippen molar-refractivity contribution in [3.05, 3.63) is 76.8 Å². The minimum atomic E-state index is -0.921. The number of aromatic nitrogens is 1. The van der Waals surface area contributed by atoms with Gasteiger partial charge in [-0.3, -0.25) is 14.5 Å². The van der Waals surface area contributed by atoms with Gasteiger partial charge in [0.1, 0.15) is 5.76 Å². The van der Waals surface area contributed by atoms with Crippen LogP contribution in [0.15, 0.2) is 65.7 Å². The van der Waals surface area contributed by atoms with Crippen molar-refractivity contribution < 1.29 is 24.5 Å². The summed E-state index contributed by atoms with van der Waals surface area (Å²) in [6.45, 7) is 0. The lowest BCUT2D eigenvalue weighted by molar-refractivity contribution is -0.132. The van der Waals surface area contributed by atoms with Crippen LogP contribution in [0.2, 0.25) is 0 Å². The number of benzene rings is 2. The van der Waals surface area contributed by atoms with Gasteiger partial charge in [-0.2, -0.15) is 0 Å². The van der Waals surface area contributed by atoms with Crippen molar-refractivity contribution >= 4 is 33.9 Å². The number of aromatic hydroxyl groups is 1. The third-order valence-electron chi connectivity index (χ3n) is 4.64. The van der Waals surface area contributed by atoms with E-state index < -0.39 is 17.7 Å². The van der Waals surface area contributed by atoms with Gasteiger partial charge in [-0.05, 0) is 17.7 Å². The molecule has 2 N–H and O–H groups in total. The summed E-state index contributed by atoms with van der Waals surface area (Å²) in [7, 11) is 1.40. The Balaban J connectivity index is 1.96. The number of carbonyl (C=O) groups excluding carboxylic acids is 2. The van der Waals surface area contributed by atoms with Crippen LogP contribution in [0.3, 0.4) is 0 Å². The lowest BCUT2D eigenvalue weighted by atomic mass is 9.95. The van der Waals surface area contributed by atoms with Crippen LogP contribution in [0.5, 0.6) is 11.5 Å². The number of amides is 1. The maximum Gasteiger partial charge on any atom is 0.301 e. The Bertz CT molecular complexity index is 1110. The molecular formula is C21H16N2O5S. The normalized spacial score (nSPS) is 18.2. The smallest absolute Gasteiger partial charge is 0.301 e. The zero-order valence-electron chi connectivity index (χ0n) is 15.3. The summed E-state index contributed by atoms with van der Waals surface area (Å²) in [6.07, 6.45) is 1.53. The zero-order chi connectivity index (χ0) is 20.5. The topological polar surface area (TPSA) is 100.0 Å². The highest BCUT2D eigenvalue weighted by Gasteiger charge is 2.48. The number of thiazole rings is 1. The fraction of sp³-hybridized carbons (Fsp3) is 0.0952. The minimum Gasteiger partial charge on any atom is -0.507 e. The van der Waals surface area contributed by atoms with E-state index in [2.05, 4.69) is 4.98 Å². The van der Waals surface area contributed by atoms with E-state index in [1.165, 1.54) is 41.7 Å². The molecule has 0 spiro atoms. The molecule has 1 unspecified atom stereocenters. The van der Waals surface area contributed by atoms with Crippen molar-refractivity contribution in [3.8, 4) is 11.5 Å². The molecule has 7 nitrogen and oxygen atoms in total. The largest absolute Gasteiger partial charge is 0.507 e. The number of ketones is 1. The SMILES string of the molecule is COc1cc(C2/C(=C(\O)c3ccccc3)C(=O)C(=O)N2c2nccs2)ccc1O. The van der Waals surface area contributed by atoms with Crippen molar-refractivity contribution in [1.29, 1.82) is 0 Å². The van der Waals surface area contributed by atoms with Crippen LogP contribution in [0.25, 0.3) is 5.76 Å². The van der Waals surface area contributed by atoms with Crippen LogP contribution in [0.1, 0.15) is 17.2 Å². The maximum absolute atomic E-state index is 12.9. The summed E-state index contributed by atoms with van der Waals surface area (Å²) in [4.78, 5) is 31.2. The molecule has 2 heterocycles. The van der Waals surface area contributed by atoms with Gasteiger partial charge in [-0.15, -0.1) is 11.3 Å². The van der Waals surface area contributed by atoms with Crippen LogP contribution >= 0.6 is 11.3 Å². The monoisotopic (exact) mass is 408 g/mol. The molecule has 4 rings (SSSR count). The van der Waals surface area contributed by atoms with E-state index in [9.17, 15) is 19.8 Å². The number of ether oxygens (including phenoxy) is 1. The van der Waals surface area contributed by atoms with Gasteiger partial charge in [0.15, 0.2) is 16.6 Å². The summed E-state index contributed by atoms with van der Waals surface area (Å²) >= 11 is 1.20. The van der Waals surface area contributed by atoms with Crippen molar-refractivity contribution in [2.75, 3.05) is 12.0 Å². The van der Waals surface area contributed by atoms with Crippen LogP contribution in [-0.2, 0) is 9.59 Å². The second kappa shape index (κ2) is 7.40. The quantitative estimate of drug-likeness (QED) is 0.389. The number of nitrogens with zero attached hydrogens (tertiary/aromatic N) is 2. The summed E-state index contributed by atoms with van der Waals surface area (Å²) in [6, 6.07) is 12.1. The standard InChI is InChI=1S/C21H16N2O5S/c1-28-15-11-13(7-8-14(15)24)17-16(18(25)12-5-3-2-4-6-12)19(26)20(27)23(17)21-22-9-10-29-21/h2-11,17,24-25H,1H3/b18-16+. The third kappa shape index (κ3) is 3.13. The number of rotatable bonds is 4. The van der Waals surface area contributed by atoms with Crippen molar-refractivity contribution in [1.82, 2.24) is 4.98 Å². The lowest BCUT2D eigenvalue weighted by Gasteiger charge is -2.23. The maximum atomic E-state index is 12.9. The zero-order valence-corrected chi connectivity index (χ0v) is 16.1. The van der Waals surface area contributed by atoms with Crippen LogP contribution in [0.4, 0.5) is 5.13 Å². The number of carbonyl (C=O) groups is 2. The van der Waals surface area contributed by atoms with Gasteiger partial charge in [-0.25, -0.2) is 4.98 Å². The molecule has 0 bridgehead atoms. The Morgan fingerprint density at radius 2 is 1.93 bits per heavy atom. The van der Waals surface area contributed by atoms with Gasteiger partial charge in [0.25, 0.3) is 5.78 Å². The highest BCUT2D eigenvalue weighted by molar-refractivity contribution is 7.14. The van der Waals surface area contributed by atoms with E-state index >= 15 is 0 Å². The first-order chi connectivity index (χ1) is 14.0. The van der Waals surface area contributed by atoms with Gasteiger partial charge < -0.3 is 14.9 Å². The highest BCUT2D eigenvalue weighted by atomic mass is 32.1. The van der Waals surface area contributed by atoms with Crippen LogP contribution in [-0.4, -0.2) is 34.0 Å². The highest BCUT2D eigenvalue weighted by Crippen LogP contribution is 2.44. The number of phenols is 1. The lowest BCUT2D eigenvalue weighted by Crippen LogP contribution is -2.29. The van der Waals surface area contributed by atoms with Crippen LogP contribution in [0, 0.1) is 0 Å². The summed E-state index contributed by atoms with van der Waals surface area (Å²) in [5, 5.41) is 22.9. The summed E-state index contributed by atoms with van der Waals surface area (Å²) in [5.74, 6) is -1.76. The fourth-order valence-electron chi connectivity index (χ4n) is 3.30. The Morgan fingerprint density at radius 1 is 1.17 bits per heavy atom. The number of anilines is 1. The molecule has 146 valence electrons. The first-order valence-corrected chi connectivity index (χ1v) is 9.53. The third-order valence-corrected chi connectivity index (χ3v) is 5.41. The van der Waals surface area contributed by atoms with E-state index in [1.807, 2.05) is 0 Å². The summed E-state index contributed by atoms with van der Waals surface area (Å²) in [5.41, 5.74) is 0.857. The Morgan fingerprint density at radius 3 is 2.59 bits per heavy atom. The molecule has 1 atom stereocenters. The van der Waals surface area contributed by atoms with E-state index in [4.69, 9.17) is 4.74 Å². The second-order valence-corrected chi connectivity index (χ2v) is 7.15. The average Bonchev–Trinajstić information content (AvgIpc) is 3.36. The Hall–Kier alpha value is -3.65. The molecule has 3 aromatic rings. The molecule has 2 aromatic carbocycles. The fourth-order valence-corrected chi connectivity index (χ4v) is 3.96. The van der Waals surface area contributed by atoms with E-state index in [0.717, 1.165) is 0 Å². The number of phenolic OH excluding ortho intramolecular Hbond substituents is 1. The Labute approximate surface area is 170 Å². The molecule has 1 aliphatic heterocycles. The number of aliphatic hydroxyl groups is 1. The predicted molar refractivity (Wildman–Crippen MR) is 108 cm³/mol. The van der Waals surface area contributed by atoms with Crippen molar-refractivity contribution in [2.45, 2.75) is 6.04 Å². The van der Waals surface area contributed by atoms with E-state index in [0.29, 0.717) is 16.3 Å². The molecule has 29 heavy (non-hydrogen) atoms. The second-order valence-electron chi connectivity index (χ2n) is 6.28. The molecule has 1 fully saturated rings.